The normalized spacial score (nSPS) is 10.3. The van der Waals surface area contributed by atoms with Crippen LogP contribution in [0.4, 0.5) is 15.8 Å². The molecule has 0 fully saturated rings. The number of carbonyl (C=O) groups is 1. The Hall–Kier alpha value is -3.26. The number of rotatable bonds is 5. The van der Waals surface area contributed by atoms with Gasteiger partial charge in [0.1, 0.15) is 10.8 Å². The fraction of sp³-hybridized carbons (Fsp3) is 0. The number of nitro benzene ring substituents is 1. The monoisotopic (exact) mass is 369 g/mol. The molecule has 6 nitrogen and oxygen atoms in total. The van der Waals surface area contributed by atoms with Crippen LogP contribution in [0.3, 0.4) is 0 Å². The summed E-state index contributed by atoms with van der Waals surface area (Å²) in [6.45, 7) is 0. The average molecular weight is 369 g/mol. The van der Waals surface area contributed by atoms with Crippen LogP contribution >= 0.6 is 11.8 Å². The van der Waals surface area contributed by atoms with Gasteiger partial charge in [0.25, 0.3) is 11.6 Å². The van der Waals surface area contributed by atoms with Crippen LogP contribution in [0.25, 0.3) is 0 Å². The van der Waals surface area contributed by atoms with Gasteiger partial charge in [0, 0.05) is 34.5 Å². The fourth-order valence-electron chi connectivity index (χ4n) is 2.15. The van der Waals surface area contributed by atoms with Crippen molar-refractivity contribution in [2.24, 2.45) is 0 Å². The summed E-state index contributed by atoms with van der Waals surface area (Å²) in [5.74, 6) is -0.940. The minimum Gasteiger partial charge on any atom is -0.322 e. The van der Waals surface area contributed by atoms with Crippen molar-refractivity contribution in [1.29, 1.82) is 0 Å². The van der Waals surface area contributed by atoms with Gasteiger partial charge in [-0.1, -0.05) is 17.8 Å². The summed E-state index contributed by atoms with van der Waals surface area (Å²) in [5.41, 5.74) is 0.365. The number of carbonyl (C=O) groups excluding carboxylic acids is 1. The van der Waals surface area contributed by atoms with E-state index in [1.807, 2.05) is 6.07 Å². The highest BCUT2D eigenvalue weighted by Crippen LogP contribution is 2.32. The SMILES string of the molecule is O=C(Nc1cc(Sc2ccccn2)cc([N+](=O)[O-])c1)c1ccc(F)cc1. The Morgan fingerprint density at radius 2 is 1.88 bits per heavy atom. The summed E-state index contributed by atoms with van der Waals surface area (Å²) in [7, 11) is 0. The summed E-state index contributed by atoms with van der Waals surface area (Å²) in [6, 6.07) is 14.7. The van der Waals surface area contributed by atoms with E-state index in [0.29, 0.717) is 9.92 Å². The number of nitrogens with zero attached hydrogens (tertiary/aromatic N) is 2. The van der Waals surface area contributed by atoms with Crippen LogP contribution in [0.15, 0.2) is 76.8 Å². The number of nitrogens with one attached hydrogen (secondary N) is 1. The largest absolute Gasteiger partial charge is 0.322 e. The van der Waals surface area contributed by atoms with Crippen molar-refractivity contribution in [2.45, 2.75) is 9.92 Å². The molecular weight excluding hydrogens is 357 g/mol. The Kier molecular flexibility index (Phi) is 5.23. The minimum atomic E-state index is -0.532. The van der Waals surface area contributed by atoms with Gasteiger partial charge in [0.2, 0.25) is 0 Å². The Labute approximate surface area is 152 Å². The van der Waals surface area contributed by atoms with Gasteiger partial charge in [-0.25, -0.2) is 9.37 Å². The molecule has 0 spiro atoms. The van der Waals surface area contributed by atoms with Crippen LogP contribution in [-0.2, 0) is 0 Å². The molecule has 0 bridgehead atoms. The lowest BCUT2D eigenvalue weighted by Gasteiger charge is -2.08. The first-order chi connectivity index (χ1) is 12.5. The van der Waals surface area contributed by atoms with Gasteiger partial charge in [-0.3, -0.25) is 14.9 Å². The highest BCUT2D eigenvalue weighted by Gasteiger charge is 2.14. The summed E-state index contributed by atoms with van der Waals surface area (Å²) >= 11 is 1.24. The van der Waals surface area contributed by atoms with E-state index in [1.165, 1.54) is 48.2 Å². The van der Waals surface area contributed by atoms with Gasteiger partial charge in [0.15, 0.2) is 0 Å². The zero-order valence-electron chi connectivity index (χ0n) is 13.3. The molecule has 1 N–H and O–H groups in total. The maximum atomic E-state index is 13.0. The van der Waals surface area contributed by atoms with Gasteiger partial charge in [0.05, 0.1) is 4.92 Å². The topological polar surface area (TPSA) is 85.1 Å². The van der Waals surface area contributed by atoms with Gasteiger partial charge >= 0.3 is 0 Å². The third-order valence-corrected chi connectivity index (χ3v) is 4.25. The Bertz CT molecular complexity index is 950. The van der Waals surface area contributed by atoms with Crippen molar-refractivity contribution < 1.29 is 14.1 Å². The van der Waals surface area contributed by atoms with E-state index in [2.05, 4.69) is 10.3 Å². The second kappa shape index (κ2) is 7.75. The number of benzene rings is 2. The van der Waals surface area contributed by atoms with Crippen molar-refractivity contribution in [3.63, 3.8) is 0 Å². The van der Waals surface area contributed by atoms with Gasteiger partial charge < -0.3 is 5.32 Å². The van der Waals surface area contributed by atoms with Gasteiger partial charge in [-0.05, 0) is 42.5 Å². The molecule has 0 atom stereocenters. The Morgan fingerprint density at radius 3 is 2.54 bits per heavy atom. The Balaban J connectivity index is 1.87. The number of pyridine rings is 1. The molecule has 0 aliphatic rings. The molecule has 2 aromatic carbocycles. The lowest BCUT2D eigenvalue weighted by Crippen LogP contribution is -2.12. The molecule has 3 aromatic rings. The zero-order valence-corrected chi connectivity index (χ0v) is 14.1. The molecule has 1 amide bonds. The average Bonchev–Trinajstić information content (AvgIpc) is 2.63. The van der Waals surface area contributed by atoms with Crippen molar-refractivity contribution >= 4 is 29.0 Å². The highest BCUT2D eigenvalue weighted by atomic mass is 32.2. The molecule has 0 unspecified atom stereocenters. The molecular formula is C18H12FN3O3S. The first-order valence-corrected chi connectivity index (χ1v) is 8.28. The quantitative estimate of drug-likeness (QED) is 0.527. The molecule has 0 radical (unpaired) electrons. The third kappa shape index (κ3) is 4.42. The maximum Gasteiger partial charge on any atom is 0.272 e. The van der Waals surface area contributed by atoms with E-state index in [0.717, 1.165) is 0 Å². The Morgan fingerprint density at radius 1 is 1.12 bits per heavy atom. The van der Waals surface area contributed by atoms with Crippen LogP contribution in [-0.4, -0.2) is 15.8 Å². The molecule has 3 rings (SSSR count). The molecule has 26 heavy (non-hydrogen) atoms. The number of halogens is 1. The number of hydrogen-bond acceptors (Lipinski definition) is 5. The fourth-order valence-corrected chi connectivity index (χ4v) is 3.02. The molecule has 1 heterocycles. The summed E-state index contributed by atoms with van der Waals surface area (Å²) in [4.78, 5) is 27.6. The van der Waals surface area contributed by atoms with Crippen LogP contribution < -0.4 is 5.32 Å². The van der Waals surface area contributed by atoms with Crippen molar-refractivity contribution in [1.82, 2.24) is 4.98 Å². The second-order valence-corrected chi connectivity index (χ2v) is 6.30. The third-order valence-electron chi connectivity index (χ3n) is 3.33. The first kappa shape index (κ1) is 17.6. The zero-order chi connectivity index (χ0) is 18.5. The number of amides is 1. The van der Waals surface area contributed by atoms with Crippen LogP contribution in [0.1, 0.15) is 10.4 Å². The number of non-ortho nitro benzene ring substituents is 1. The molecule has 0 aliphatic heterocycles. The van der Waals surface area contributed by atoms with Crippen molar-refractivity contribution in [3.05, 3.63) is 88.4 Å². The van der Waals surface area contributed by atoms with E-state index in [9.17, 15) is 19.3 Å². The van der Waals surface area contributed by atoms with Gasteiger partial charge in [-0.15, -0.1) is 0 Å². The smallest absolute Gasteiger partial charge is 0.272 e. The summed E-state index contributed by atoms with van der Waals surface area (Å²) in [6.07, 6.45) is 1.62. The van der Waals surface area contributed by atoms with Crippen LogP contribution in [0.2, 0.25) is 0 Å². The highest BCUT2D eigenvalue weighted by molar-refractivity contribution is 7.99. The lowest BCUT2D eigenvalue weighted by molar-refractivity contribution is -0.385. The summed E-state index contributed by atoms with van der Waals surface area (Å²) in [5, 5.41) is 14.4. The number of aromatic nitrogens is 1. The molecule has 8 heteroatoms. The van der Waals surface area contributed by atoms with Crippen LogP contribution in [0, 0.1) is 15.9 Å². The van der Waals surface area contributed by atoms with E-state index in [4.69, 9.17) is 0 Å². The maximum absolute atomic E-state index is 13.0. The van der Waals surface area contributed by atoms with E-state index >= 15 is 0 Å². The standard InChI is InChI=1S/C18H12FN3O3S/c19-13-6-4-12(5-7-13)18(23)21-14-9-15(22(24)25)11-16(10-14)26-17-3-1-2-8-20-17/h1-11H,(H,21,23). The number of hydrogen-bond donors (Lipinski definition) is 1. The predicted octanol–water partition coefficient (Wildman–Crippen LogP) is 4.53. The van der Waals surface area contributed by atoms with Crippen molar-refractivity contribution in [3.8, 4) is 0 Å². The van der Waals surface area contributed by atoms with E-state index < -0.39 is 16.6 Å². The second-order valence-electron chi connectivity index (χ2n) is 5.20. The molecule has 0 saturated heterocycles. The minimum absolute atomic E-state index is 0.152. The molecule has 0 saturated carbocycles. The van der Waals surface area contributed by atoms with E-state index in [1.54, 1.807) is 24.4 Å². The molecule has 0 aliphatic carbocycles. The summed E-state index contributed by atoms with van der Waals surface area (Å²) < 4.78 is 13.0. The molecule has 130 valence electrons. The lowest BCUT2D eigenvalue weighted by atomic mass is 10.2. The van der Waals surface area contributed by atoms with Crippen molar-refractivity contribution in [2.75, 3.05) is 5.32 Å². The first-order valence-electron chi connectivity index (χ1n) is 7.46. The predicted molar refractivity (Wildman–Crippen MR) is 95.8 cm³/mol. The van der Waals surface area contributed by atoms with E-state index in [-0.39, 0.29) is 16.9 Å². The molecule has 1 aromatic heterocycles. The number of nitro groups is 1. The van der Waals surface area contributed by atoms with Crippen LogP contribution in [0.5, 0.6) is 0 Å². The number of anilines is 1. The van der Waals surface area contributed by atoms with Gasteiger partial charge in [-0.2, -0.15) is 0 Å².